The molecule has 2 rings (SSSR count). The average molecular weight is 326 g/mol. The number of halogens is 1. The highest BCUT2D eigenvalue weighted by atomic mass is 79.9. The van der Waals surface area contributed by atoms with Gasteiger partial charge in [-0.25, -0.2) is 0 Å². The van der Waals surface area contributed by atoms with Crippen molar-refractivity contribution >= 4 is 27.8 Å². The second-order valence-electron chi connectivity index (χ2n) is 4.95. The molecule has 0 unspecified atom stereocenters. The van der Waals surface area contributed by atoms with E-state index in [1.54, 1.807) is 11.0 Å². The molecule has 1 aromatic carbocycles. The average Bonchev–Trinajstić information content (AvgIpc) is 2.37. The number of aliphatic carboxylic acids is 1. The van der Waals surface area contributed by atoms with Crippen LogP contribution in [0.25, 0.3) is 0 Å². The number of carbonyl (C=O) groups excluding carboxylic acids is 1. The van der Waals surface area contributed by atoms with E-state index in [1.165, 1.54) is 0 Å². The maximum absolute atomic E-state index is 12.4. The lowest BCUT2D eigenvalue weighted by Crippen LogP contribution is -2.42. The van der Waals surface area contributed by atoms with Crippen LogP contribution in [0, 0.1) is 12.8 Å². The highest BCUT2D eigenvalue weighted by Crippen LogP contribution is 2.21. The Morgan fingerprint density at radius 1 is 1.37 bits per heavy atom. The lowest BCUT2D eigenvalue weighted by Gasteiger charge is -2.30. The van der Waals surface area contributed by atoms with Gasteiger partial charge in [-0.05, 0) is 43.5 Å². The molecule has 0 aromatic heterocycles. The third-order valence-electron chi connectivity index (χ3n) is 3.35. The second kappa shape index (κ2) is 5.74. The van der Waals surface area contributed by atoms with Crippen molar-refractivity contribution < 1.29 is 14.7 Å². The fourth-order valence-corrected chi connectivity index (χ4v) is 3.01. The molecule has 0 spiro atoms. The molecule has 102 valence electrons. The summed E-state index contributed by atoms with van der Waals surface area (Å²) in [5, 5.41) is 9.05. The molecule has 1 amide bonds. The summed E-state index contributed by atoms with van der Waals surface area (Å²) in [7, 11) is 0. The van der Waals surface area contributed by atoms with Crippen molar-refractivity contribution in [3.05, 3.63) is 33.8 Å². The van der Waals surface area contributed by atoms with Gasteiger partial charge in [0.25, 0.3) is 5.91 Å². The molecule has 1 aliphatic rings. The smallest absolute Gasteiger partial charge is 0.308 e. The maximum Gasteiger partial charge on any atom is 0.308 e. The standard InChI is InChI=1S/C14H16BrNO3/c1-9-5-11(7-12(15)6-9)13(17)16-4-2-3-10(8-16)14(18)19/h5-7,10H,2-4,8H2,1H3,(H,18,19)/t10-/m1/s1. The molecule has 5 heteroatoms. The molecular formula is C14H16BrNO3. The number of piperidine rings is 1. The normalized spacial score (nSPS) is 19.3. The van der Waals surface area contributed by atoms with Crippen molar-refractivity contribution in [1.82, 2.24) is 4.90 Å². The zero-order valence-electron chi connectivity index (χ0n) is 10.7. The molecular weight excluding hydrogens is 310 g/mol. The number of rotatable bonds is 2. The van der Waals surface area contributed by atoms with E-state index in [0.29, 0.717) is 25.1 Å². The van der Waals surface area contributed by atoms with Crippen LogP contribution < -0.4 is 0 Å². The van der Waals surface area contributed by atoms with Gasteiger partial charge >= 0.3 is 5.97 Å². The van der Waals surface area contributed by atoms with Gasteiger partial charge in [0.1, 0.15) is 0 Å². The Morgan fingerprint density at radius 2 is 2.11 bits per heavy atom. The number of amides is 1. The van der Waals surface area contributed by atoms with Gasteiger partial charge in [0, 0.05) is 23.1 Å². The summed E-state index contributed by atoms with van der Waals surface area (Å²) in [4.78, 5) is 25.0. The molecule has 1 aromatic rings. The highest BCUT2D eigenvalue weighted by molar-refractivity contribution is 9.10. The monoisotopic (exact) mass is 325 g/mol. The van der Waals surface area contributed by atoms with Crippen molar-refractivity contribution in [3.63, 3.8) is 0 Å². The number of nitrogens with zero attached hydrogens (tertiary/aromatic N) is 1. The van der Waals surface area contributed by atoms with Gasteiger partial charge in [-0.15, -0.1) is 0 Å². The van der Waals surface area contributed by atoms with Gasteiger partial charge in [0.15, 0.2) is 0 Å². The molecule has 1 heterocycles. The Kier molecular flexibility index (Phi) is 4.24. The molecule has 1 atom stereocenters. The quantitative estimate of drug-likeness (QED) is 0.909. The van der Waals surface area contributed by atoms with E-state index in [4.69, 9.17) is 5.11 Å². The number of hydrogen-bond donors (Lipinski definition) is 1. The van der Waals surface area contributed by atoms with Crippen molar-refractivity contribution in [2.24, 2.45) is 5.92 Å². The van der Waals surface area contributed by atoms with E-state index in [0.717, 1.165) is 16.5 Å². The maximum atomic E-state index is 12.4. The minimum atomic E-state index is -0.817. The summed E-state index contributed by atoms with van der Waals surface area (Å²) in [6.45, 7) is 2.87. The fraction of sp³-hybridized carbons (Fsp3) is 0.429. The molecule has 1 fully saturated rings. The predicted octanol–water partition coefficient (Wildman–Crippen LogP) is 2.69. The van der Waals surface area contributed by atoms with Crippen LogP contribution in [0.15, 0.2) is 22.7 Å². The van der Waals surface area contributed by atoms with E-state index >= 15 is 0 Å². The SMILES string of the molecule is Cc1cc(Br)cc(C(=O)N2CCC[C@@H](C(=O)O)C2)c1. The summed E-state index contributed by atoms with van der Waals surface area (Å²) in [5.74, 6) is -1.34. The number of carboxylic acid groups (broad SMARTS) is 1. The molecule has 0 bridgehead atoms. The van der Waals surface area contributed by atoms with Crippen LogP contribution in [0.5, 0.6) is 0 Å². The van der Waals surface area contributed by atoms with Gasteiger partial charge in [0.2, 0.25) is 0 Å². The van der Waals surface area contributed by atoms with Gasteiger partial charge in [-0.2, -0.15) is 0 Å². The lowest BCUT2D eigenvalue weighted by atomic mass is 9.97. The van der Waals surface area contributed by atoms with Crippen LogP contribution in [0.3, 0.4) is 0 Å². The Hall–Kier alpha value is -1.36. The number of likely N-dealkylation sites (tertiary alicyclic amines) is 1. The van der Waals surface area contributed by atoms with Gasteiger partial charge < -0.3 is 10.0 Å². The largest absolute Gasteiger partial charge is 0.481 e. The first-order valence-corrected chi connectivity index (χ1v) is 7.06. The lowest BCUT2D eigenvalue weighted by molar-refractivity contribution is -0.143. The van der Waals surface area contributed by atoms with E-state index in [2.05, 4.69) is 15.9 Å². The van der Waals surface area contributed by atoms with Crippen molar-refractivity contribution in [1.29, 1.82) is 0 Å². The summed E-state index contributed by atoms with van der Waals surface area (Å²) < 4.78 is 0.864. The zero-order chi connectivity index (χ0) is 14.0. The number of benzene rings is 1. The topological polar surface area (TPSA) is 57.6 Å². The molecule has 19 heavy (non-hydrogen) atoms. The zero-order valence-corrected chi connectivity index (χ0v) is 12.3. The Balaban J connectivity index is 2.16. The van der Waals surface area contributed by atoms with Crippen molar-refractivity contribution in [2.45, 2.75) is 19.8 Å². The molecule has 1 saturated heterocycles. The summed E-state index contributed by atoms with van der Waals surface area (Å²) in [6.07, 6.45) is 1.40. The van der Waals surface area contributed by atoms with Gasteiger partial charge in [-0.1, -0.05) is 15.9 Å². The Bertz CT molecular complexity index is 495. The van der Waals surface area contributed by atoms with Crippen LogP contribution in [0.4, 0.5) is 0 Å². The highest BCUT2D eigenvalue weighted by Gasteiger charge is 2.28. The number of carbonyl (C=O) groups is 2. The van der Waals surface area contributed by atoms with E-state index in [9.17, 15) is 9.59 Å². The van der Waals surface area contributed by atoms with E-state index in [-0.39, 0.29) is 5.91 Å². The summed E-state index contributed by atoms with van der Waals surface area (Å²) in [6, 6.07) is 5.55. The van der Waals surface area contributed by atoms with Crippen molar-refractivity contribution in [2.75, 3.05) is 13.1 Å². The van der Waals surface area contributed by atoms with E-state index in [1.807, 2.05) is 19.1 Å². The number of carboxylic acids is 1. The molecule has 4 nitrogen and oxygen atoms in total. The first-order chi connectivity index (χ1) is 8.97. The van der Waals surface area contributed by atoms with Crippen molar-refractivity contribution in [3.8, 4) is 0 Å². The first-order valence-electron chi connectivity index (χ1n) is 6.26. The van der Waals surface area contributed by atoms with Crippen LogP contribution in [0.2, 0.25) is 0 Å². The van der Waals surface area contributed by atoms with Crippen LogP contribution >= 0.6 is 15.9 Å². The predicted molar refractivity (Wildman–Crippen MR) is 75.1 cm³/mol. The molecule has 0 radical (unpaired) electrons. The number of hydrogen-bond acceptors (Lipinski definition) is 2. The van der Waals surface area contributed by atoms with Gasteiger partial charge in [0.05, 0.1) is 5.92 Å². The second-order valence-corrected chi connectivity index (χ2v) is 5.86. The summed E-state index contributed by atoms with van der Waals surface area (Å²) in [5.41, 5.74) is 1.61. The first kappa shape index (κ1) is 14.1. The van der Waals surface area contributed by atoms with Crippen LogP contribution in [0.1, 0.15) is 28.8 Å². The van der Waals surface area contributed by atoms with Crippen LogP contribution in [-0.4, -0.2) is 35.0 Å². The minimum Gasteiger partial charge on any atom is -0.481 e. The van der Waals surface area contributed by atoms with E-state index < -0.39 is 11.9 Å². The molecule has 1 N–H and O–H groups in total. The Labute approximate surface area is 120 Å². The number of aryl methyl sites for hydroxylation is 1. The van der Waals surface area contributed by atoms with Crippen LogP contribution in [-0.2, 0) is 4.79 Å². The molecule has 0 saturated carbocycles. The molecule has 1 aliphatic heterocycles. The third-order valence-corrected chi connectivity index (χ3v) is 3.80. The third kappa shape index (κ3) is 3.35. The molecule has 0 aliphatic carbocycles. The van der Waals surface area contributed by atoms with Gasteiger partial charge in [-0.3, -0.25) is 9.59 Å². The fourth-order valence-electron chi connectivity index (χ4n) is 2.41. The summed E-state index contributed by atoms with van der Waals surface area (Å²) >= 11 is 3.38. The minimum absolute atomic E-state index is 0.0876. The Morgan fingerprint density at radius 3 is 2.74 bits per heavy atom.